The molecule has 152 valence electrons. The van der Waals surface area contributed by atoms with Gasteiger partial charge in [-0.25, -0.2) is 8.42 Å². The van der Waals surface area contributed by atoms with Crippen molar-refractivity contribution >= 4 is 26.5 Å². The van der Waals surface area contributed by atoms with Gasteiger partial charge < -0.3 is 15.3 Å². The third-order valence-corrected chi connectivity index (χ3v) is 6.23. The SMILES string of the molecule is Cc1ccc(S(=O)(=O)Nc2ccc(O)c(-c3c(O)ccc4ccc(O)cc34)c2)cc1. The highest BCUT2D eigenvalue weighted by Gasteiger charge is 2.18. The number of hydrogen-bond acceptors (Lipinski definition) is 5. The van der Waals surface area contributed by atoms with E-state index in [4.69, 9.17) is 0 Å². The Morgan fingerprint density at radius 2 is 1.43 bits per heavy atom. The molecule has 4 rings (SSSR count). The lowest BCUT2D eigenvalue weighted by Gasteiger charge is -2.14. The van der Waals surface area contributed by atoms with Gasteiger partial charge in [0.1, 0.15) is 17.2 Å². The number of benzene rings is 4. The number of hydrogen-bond donors (Lipinski definition) is 4. The van der Waals surface area contributed by atoms with Gasteiger partial charge in [0.05, 0.1) is 4.90 Å². The van der Waals surface area contributed by atoms with Gasteiger partial charge in [-0.05, 0) is 66.2 Å². The maximum Gasteiger partial charge on any atom is 0.261 e. The molecule has 4 N–H and O–H groups in total. The molecule has 0 bridgehead atoms. The Hall–Kier alpha value is -3.71. The fourth-order valence-corrected chi connectivity index (χ4v) is 4.36. The van der Waals surface area contributed by atoms with Crippen molar-refractivity contribution in [2.75, 3.05) is 4.72 Å². The summed E-state index contributed by atoms with van der Waals surface area (Å²) in [5.41, 5.74) is 1.68. The molecule has 0 heterocycles. The number of sulfonamides is 1. The standard InChI is InChI=1S/C23H19NO5S/c1-14-2-8-18(9-3-14)30(28,29)24-16-6-11-21(26)20(12-16)23-19-13-17(25)7-4-15(19)5-10-22(23)27/h2-13,24-27H,1H3. The Morgan fingerprint density at radius 3 is 2.17 bits per heavy atom. The van der Waals surface area contributed by atoms with Gasteiger partial charge in [-0.3, -0.25) is 4.72 Å². The third-order valence-electron chi connectivity index (χ3n) is 4.83. The maximum atomic E-state index is 12.7. The Labute approximate surface area is 173 Å². The van der Waals surface area contributed by atoms with Crippen LogP contribution >= 0.6 is 0 Å². The summed E-state index contributed by atoms with van der Waals surface area (Å²) in [6.45, 7) is 1.87. The van der Waals surface area contributed by atoms with E-state index in [-0.39, 0.29) is 39.0 Å². The number of phenolic OH excluding ortho intramolecular Hbond substituents is 3. The molecule has 30 heavy (non-hydrogen) atoms. The van der Waals surface area contributed by atoms with Crippen molar-refractivity contribution in [2.45, 2.75) is 11.8 Å². The van der Waals surface area contributed by atoms with Gasteiger partial charge in [0.15, 0.2) is 0 Å². The average Bonchev–Trinajstić information content (AvgIpc) is 2.70. The fraction of sp³-hybridized carbons (Fsp3) is 0.0435. The number of anilines is 1. The second-order valence-corrected chi connectivity index (χ2v) is 8.70. The topological polar surface area (TPSA) is 107 Å². The predicted molar refractivity (Wildman–Crippen MR) is 116 cm³/mol. The van der Waals surface area contributed by atoms with Crippen LogP contribution in [0.5, 0.6) is 17.2 Å². The molecular formula is C23H19NO5S. The minimum absolute atomic E-state index is 0.00469. The van der Waals surface area contributed by atoms with Gasteiger partial charge in [0.2, 0.25) is 0 Å². The van der Waals surface area contributed by atoms with Crippen molar-refractivity contribution in [1.82, 2.24) is 0 Å². The smallest absolute Gasteiger partial charge is 0.261 e. The number of aryl methyl sites for hydroxylation is 1. The minimum Gasteiger partial charge on any atom is -0.508 e. The van der Waals surface area contributed by atoms with E-state index in [9.17, 15) is 23.7 Å². The zero-order chi connectivity index (χ0) is 21.5. The average molecular weight is 421 g/mol. The molecule has 0 amide bonds. The van der Waals surface area contributed by atoms with Crippen LogP contribution in [0.4, 0.5) is 5.69 Å². The van der Waals surface area contributed by atoms with Gasteiger partial charge in [-0.2, -0.15) is 0 Å². The Morgan fingerprint density at radius 1 is 0.767 bits per heavy atom. The predicted octanol–water partition coefficient (Wildman–Crippen LogP) is 4.73. The fourth-order valence-electron chi connectivity index (χ4n) is 3.31. The Kier molecular flexibility index (Phi) is 4.75. The molecule has 0 fully saturated rings. The maximum absolute atomic E-state index is 12.7. The van der Waals surface area contributed by atoms with Crippen LogP contribution in [-0.2, 0) is 10.0 Å². The number of nitrogens with one attached hydrogen (secondary N) is 1. The van der Waals surface area contributed by atoms with Crippen LogP contribution in [0.15, 0.2) is 77.7 Å². The molecular weight excluding hydrogens is 402 g/mol. The van der Waals surface area contributed by atoms with E-state index >= 15 is 0 Å². The van der Waals surface area contributed by atoms with Crippen molar-refractivity contribution in [1.29, 1.82) is 0 Å². The molecule has 0 aromatic heterocycles. The summed E-state index contributed by atoms with van der Waals surface area (Å²) in [5.74, 6) is -0.244. The van der Waals surface area contributed by atoms with E-state index in [1.807, 2.05) is 6.92 Å². The summed E-state index contributed by atoms with van der Waals surface area (Å²) in [5, 5.41) is 32.0. The number of fused-ring (bicyclic) bond motifs is 1. The van der Waals surface area contributed by atoms with Gasteiger partial charge in [0, 0.05) is 16.8 Å². The highest BCUT2D eigenvalue weighted by molar-refractivity contribution is 7.92. The summed E-state index contributed by atoms with van der Waals surface area (Å²) in [7, 11) is -3.84. The molecule has 0 aliphatic rings. The Balaban J connectivity index is 1.82. The molecule has 0 saturated carbocycles. The van der Waals surface area contributed by atoms with Crippen molar-refractivity contribution < 1.29 is 23.7 Å². The molecule has 0 spiro atoms. The first-order valence-electron chi connectivity index (χ1n) is 9.12. The summed E-state index contributed by atoms with van der Waals surface area (Å²) < 4.78 is 27.9. The summed E-state index contributed by atoms with van der Waals surface area (Å²) in [6.07, 6.45) is 0. The number of aromatic hydroxyl groups is 3. The van der Waals surface area contributed by atoms with E-state index in [1.54, 1.807) is 24.3 Å². The second kappa shape index (κ2) is 7.27. The van der Waals surface area contributed by atoms with Gasteiger partial charge in [-0.15, -0.1) is 0 Å². The van der Waals surface area contributed by atoms with Crippen LogP contribution in [-0.4, -0.2) is 23.7 Å². The van der Waals surface area contributed by atoms with Crippen LogP contribution in [0.1, 0.15) is 5.56 Å². The lowest BCUT2D eigenvalue weighted by molar-refractivity contribution is 0.469. The molecule has 4 aromatic carbocycles. The zero-order valence-corrected chi connectivity index (χ0v) is 16.8. The first kappa shape index (κ1) is 19.6. The van der Waals surface area contributed by atoms with Crippen LogP contribution in [0.2, 0.25) is 0 Å². The lowest BCUT2D eigenvalue weighted by atomic mass is 9.96. The van der Waals surface area contributed by atoms with Crippen LogP contribution in [0, 0.1) is 6.92 Å². The molecule has 0 radical (unpaired) electrons. The molecule has 0 saturated heterocycles. The largest absolute Gasteiger partial charge is 0.508 e. The quantitative estimate of drug-likeness (QED) is 0.356. The zero-order valence-electron chi connectivity index (χ0n) is 16.0. The van der Waals surface area contributed by atoms with Gasteiger partial charge >= 0.3 is 0 Å². The van der Waals surface area contributed by atoms with Crippen molar-refractivity contribution in [2.24, 2.45) is 0 Å². The molecule has 0 unspecified atom stereocenters. The van der Waals surface area contributed by atoms with E-state index in [0.717, 1.165) is 10.9 Å². The molecule has 4 aromatic rings. The summed E-state index contributed by atoms with van der Waals surface area (Å²) in [4.78, 5) is 0.112. The van der Waals surface area contributed by atoms with Crippen molar-refractivity contribution in [3.63, 3.8) is 0 Å². The third kappa shape index (κ3) is 3.62. The van der Waals surface area contributed by atoms with Crippen LogP contribution in [0.25, 0.3) is 21.9 Å². The van der Waals surface area contributed by atoms with E-state index < -0.39 is 10.0 Å². The van der Waals surface area contributed by atoms with Gasteiger partial charge in [0.25, 0.3) is 10.0 Å². The van der Waals surface area contributed by atoms with Crippen LogP contribution < -0.4 is 4.72 Å². The summed E-state index contributed by atoms with van der Waals surface area (Å²) in [6, 6.07) is 18.5. The highest BCUT2D eigenvalue weighted by atomic mass is 32.2. The first-order valence-corrected chi connectivity index (χ1v) is 10.6. The first-order chi connectivity index (χ1) is 14.2. The minimum atomic E-state index is -3.84. The van der Waals surface area contributed by atoms with Crippen LogP contribution in [0.3, 0.4) is 0 Å². The monoisotopic (exact) mass is 421 g/mol. The van der Waals surface area contributed by atoms with Gasteiger partial charge in [-0.1, -0.05) is 29.8 Å². The normalized spacial score (nSPS) is 11.5. The van der Waals surface area contributed by atoms with Crippen molar-refractivity contribution in [3.8, 4) is 28.4 Å². The molecule has 0 aliphatic heterocycles. The number of phenols is 3. The van der Waals surface area contributed by atoms with E-state index in [2.05, 4.69) is 4.72 Å². The Bertz CT molecular complexity index is 1360. The molecule has 0 atom stereocenters. The van der Waals surface area contributed by atoms with E-state index in [1.165, 1.54) is 48.5 Å². The van der Waals surface area contributed by atoms with Crippen molar-refractivity contribution in [3.05, 3.63) is 78.4 Å². The highest BCUT2D eigenvalue weighted by Crippen LogP contribution is 2.42. The molecule has 7 heteroatoms. The molecule has 0 aliphatic carbocycles. The second-order valence-electron chi connectivity index (χ2n) is 7.02. The number of rotatable bonds is 4. The lowest BCUT2D eigenvalue weighted by Crippen LogP contribution is -2.12. The van der Waals surface area contributed by atoms with E-state index in [0.29, 0.717) is 5.39 Å². The molecule has 6 nitrogen and oxygen atoms in total. The summed E-state index contributed by atoms with van der Waals surface area (Å²) >= 11 is 0.